The van der Waals surface area contributed by atoms with E-state index in [1.54, 1.807) is 26.0 Å². The highest BCUT2D eigenvalue weighted by atomic mass is 32.2. The van der Waals surface area contributed by atoms with E-state index < -0.39 is 92.2 Å². The summed E-state index contributed by atoms with van der Waals surface area (Å²) in [4.78, 5) is 145. The van der Waals surface area contributed by atoms with E-state index in [1.807, 2.05) is 60.3 Å². The Morgan fingerprint density at radius 3 is 1.47 bits per heavy atom. The lowest BCUT2D eigenvalue weighted by Gasteiger charge is -2.35. The molecule has 0 aromatic heterocycles. The summed E-state index contributed by atoms with van der Waals surface area (Å²) in [5.41, 5.74) is 30.6. The van der Waals surface area contributed by atoms with Crippen molar-refractivity contribution in [1.82, 2.24) is 40.0 Å². The third-order valence-electron chi connectivity index (χ3n) is 16.7. The summed E-state index contributed by atoms with van der Waals surface area (Å²) in [5.74, 6) is -2.05. The number of amides is 9. The predicted molar refractivity (Wildman–Crippen MR) is 342 cm³/mol. The third-order valence-corrected chi connectivity index (χ3v) is 18.4. The minimum atomic E-state index is -1.06. The number of hydrogen-bond donors (Lipinski definition) is 7. The van der Waals surface area contributed by atoms with Gasteiger partial charge in [-0.3, -0.25) is 47.9 Å². The van der Waals surface area contributed by atoms with Crippen LogP contribution < -0.4 is 39.3 Å². The molecule has 1 heterocycles. The molecule has 4 rings (SSSR count). The zero-order valence-electron chi connectivity index (χ0n) is 52.6. The second-order valence-corrected chi connectivity index (χ2v) is 24.7. The van der Waals surface area contributed by atoms with Crippen molar-refractivity contribution in [3.63, 3.8) is 0 Å². The van der Waals surface area contributed by atoms with Gasteiger partial charge in [0.1, 0.15) is 24.9 Å². The molecule has 88 heavy (non-hydrogen) atoms. The molecule has 2 fully saturated rings. The van der Waals surface area contributed by atoms with Gasteiger partial charge in [-0.2, -0.15) is 11.8 Å². The summed E-state index contributed by atoms with van der Waals surface area (Å²) >= 11 is 1.96. The summed E-state index contributed by atoms with van der Waals surface area (Å²) < 4.78 is 0. The van der Waals surface area contributed by atoms with E-state index in [-0.39, 0.29) is 44.4 Å². The zero-order valence-corrected chi connectivity index (χ0v) is 53.4. The summed E-state index contributed by atoms with van der Waals surface area (Å²) in [6.07, 6.45) is 9.78. The lowest BCUT2D eigenvalue weighted by molar-refractivity contribution is -0.149. The predicted octanol–water partition coefficient (Wildman–Crippen LogP) is 2.98. The van der Waals surface area contributed by atoms with Crippen LogP contribution in [-0.4, -0.2) is 204 Å². The molecule has 0 radical (unpaired) electrons. The van der Waals surface area contributed by atoms with Gasteiger partial charge in [-0.1, -0.05) is 67.1 Å². The topological polar surface area (TPSA) is 344 Å². The van der Waals surface area contributed by atoms with Gasteiger partial charge in [0.2, 0.25) is 53.2 Å². The molecule has 1 saturated heterocycles. The van der Waals surface area contributed by atoms with Gasteiger partial charge < -0.3 is 68.7 Å². The molecule has 2 aromatic rings. The average Bonchev–Trinajstić information content (AvgIpc) is 4.21. The molecular weight excluding hydrogens is 1140 g/mol. The molecule has 1 aliphatic carbocycles. The first-order chi connectivity index (χ1) is 42.3. The van der Waals surface area contributed by atoms with Crippen molar-refractivity contribution >= 4 is 70.7 Å². The van der Waals surface area contributed by atoms with Gasteiger partial charge in [0.25, 0.3) is 0 Å². The van der Waals surface area contributed by atoms with Crippen LogP contribution in [0.3, 0.4) is 0 Å². The molecule has 1 unspecified atom stereocenters. The van der Waals surface area contributed by atoms with E-state index in [0.29, 0.717) is 151 Å². The Morgan fingerprint density at radius 1 is 0.534 bits per heavy atom. The van der Waals surface area contributed by atoms with Crippen molar-refractivity contribution in [1.29, 1.82) is 0 Å². The number of hydrogen-bond acceptors (Lipinski definition) is 15. The van der Waals surface area contributed by atoms with Crippen molar-refractivity contribution in [2.24, 2.45) is 40.5 Å². The van der Waals surface area contributed by atoms with E-state index in [2.05, 4.69) is 10.6 Å². The number of carbonyl (C=O) groups is 10. The number of ketones is 1. The van der Waals surface area contributed by atoms with Crippen molar-refractivity contribution in [2.75, 3.05) is 104 Å². The van der Waals surface area contributed by atoms with Crippen LogP contribution in [0.4, 0.5) is 0 Å². The Morgan fingerprint density at radius 2 is 0.989 bits per heavy atom. The normalized spacial score (nSPS) is 16.2. The standard InChI is InChI=1S/C64H103N13O10S/c1-47(50-22-6-4-7-23-50)76(62(85)42-72(49(3)78)34-18-13-29-65)45-61(84)74(36-20-15-31-67)41-59(82)75(37-21-16-32-68)43-63(86)77(48(2)51-24-8-5-9-25-51)44-60(83)73(35-19-14-30-66)40-58(81)71-55(64(69)87)26-12-17-33-70-57(80)28-11-10-27-56-54-39-53(79)38-52(54)46-88-56/h4-9,22-25,47-48,52,54-56H,10-21,26-46,65-68H2,1-3H3,(H2,69,87)(H,70,80)(H,71,81)/t47-,48-,52-,54-,55-,56?/m0/s1. The Hall–Kier alpha value is -6.47. The van der Waals surface area contributed by atoms with Gasteiger partial charge in [-0.05, 0) is 152 Å². The fourth-order valence-electron chi connectivity index (χ4n) is 11.3. The number of carbonyl (C=O) groups excluding carboxylic acids is 10. The first-order valence-electron chi connectivity index (χ1n) is 31.9. The van der Waals surface area contributed by atoms with Crippen molar-refractivity contribution in [2.45, 2.75) is 153 Å². The minimum Gasteiger partial charge on any atom is -0.368 e. The number of rotatable bonds is 44. The SMILES string of the molecule is CC(=O)N(CCCCN)CC(=O)N(CC(=O)N(CCCCN)CC(=O)N(CCCCN)CC(=O)N(CC(=O)N(CCCCN)CC(=O)N[C@@H](CCCCNC(=O)CCCCC1SC[C@@H]2CC(=O)C[C@H]12)C(N)=O)[C@@H](C)c1ccccc1)[C@@H](C)c1ccccc1. The lowest BCUT2D eigenvalue weighted by Crippen LogP contribution is -2.53. The van der Waals surface area contributed by atoms with Crippen LogP contribution in [0.5, 0.6) is 0 Å². The molecule has 23 nitrogen and oxygen atoms in total. The van der Waals surface area contributed by atoms with Gasteiger partial charge in [0, 0.05) is 64.2 Å². The summed E-state index contributed by atoms with van der Waals surface area (Å²) in [6, 6.07) is 15.9. The fourth-order valence-corrected chi connectivity index (χ4v) is 13.1. The van der Waals surface area contributed by atoms with Crippen molar-refractivity contribution < 1.29 is 47.9 Å². The van der Waals surface area contributed by atoms with Crippen LogP contribution in [-0.2, 0) is 47.9 Å². The van der Waals surface area contributed by atoms with Crippen LogP contribution in [0, 0.1) is 11.8 Å². The zero-order chi connectivity index (χ0) is 64.4. The quantitative estimate of drug-likeness (QED) is 0.0469. The van der Waals surface area contributed by atoms with Gasteiger partial charge in [-0.15, -0.1) is 0 Å². The maximum absolute atomic E-state index is 15.0. The van der Waals surface area contributed by atoms with Crippen molar-refractivity contribution in [3.05, 3.63) is 71.8 Å². The molecule has 1 saturated carbocycles. The minimum absolute atomic E-state index is 0.0569. The van der Waals surface area contributed by atoms with Gasteiger partial charge in [0.05, 0.1) is 38.3 Å². The number of unbranched alkanes of at least 4 members (excludes halogenated alkanes) is 6. The number of Topliss-reactive ketones (excluding diaryl/α,β-unsaturated/α-hetero) is 1. The summed E-state index contributed by atoms with van der Waals surface area (Å²) in [7, 11) is 0. The average molecular weight is 1250 g/mol. The number of benzene rings is 2. The van der Waals surface area contributed by atoms with Crippen LogP contribution in [0.2, 0.25) is 0 Å². The number of nitrogens with two attached hydrogens (primary N) is 5. The maximum Gasteiger partial charge on any atom is 0.243 e. The molecule has 0 bridgehead atoms. The van der Waals surface area contributed by atoms with Gasteiger partial charge in [0.15, 0.2) is 0 Å². The number of primary amides is 1. The molecule has 9 amide bonds. The molecule has 2 aromatic carbocycles. The monoisotopic (exact) mass is 1250 g/mol. The molecule has 0 spiro atoms. The van der Waals surface area contributed by atoms with E-state index >= 15 is 0 Å². The Labute approximate surface area is 526 Å². The van der Waals surface area contributed by atoms with Crippen LogP contribution in [0.25, 0.3) is 0 Å². The Balaban J connectivity index is 1.47. The number of nitrogens with one attached hydrogen (secondary N) is 2. The van der Waals surface area contributed by atoms with E-state index in [1.165, 1.54) is 36.3 Å². The van der Waals surface area contributed by atoms with E-state index in [4.69, 9.17) is 28.7 Å². The van der Waals surface area contributed by atoms with Gasteiger partial charge in [-0.25, -0.2) is 0 Å². The first-order valence-corrected chi connectivity index (χ1v) is 32.9. The maximum atomic E-state index is 15.0. The first kappa shape index (κ1) is 74.0. The molecule has 6 atom stereocenters. The smallest absolute Gasteiger partial charge is 0.243 e. The molecule has 24 heteroatoms. The number of fused-ring (bicyclic) bond motifs is 1. The lowest BCUT2D eigenvalue weighted by atomic mass is 9.92. The van der Waals surface area contributed by atoms with Crippen molar-refractivity contribution in [3.8, 4) is 0 Å². The number of nitrogens with zero attached hydrogens (tertiary/aromatic N) is 6. The summed E-state index contributed by atoms with van der Waals surface area (Å²) in [6.45, 7) is 4.72. The highest BCUT2D eigenvalue weighted by Gasteiger charge is 2.43. The largest absolute Gasteiger partial charge is 0.368 e. The van der Waals surface area contributed by atoms with Crippen LogP contribution >= 0.6 is 11.8 Å². The van der Waals surface area contributed by atoms with Crippen LogP contribution in [0.15, 0.2) is 60.7 Å². The van der Waals surface area contributed by atoms with E-state index in [9.17, 15) is 47.9 Å². The summed E-state index contributed by atoms with van der Waals surface area (Å²) in [5, 5.41) is 6.13. The Kier molecular flexibility index (Phi) is 34.4. The van der Waals surface area contributed by atoms with Gasteiger partial charge >= 0.3 is 0 Å². The second-order valence-electron chi connectivity index (χ2n) is 23.4. The highest BCUT2D eigenvalue weighted by molar-refractivity contribution is 8.00. The molecular formula is C64H103N13O10S. The third kappa shape index (κ3) is 25.9. The molecule has 12 N–H and O–H groups in total. The molecule has 1 aliphatic heterocycles. The fraction of sp³-hybridized carbons (Fsp3) is 0.656. The van der Waals surface area contributed by atoms with Crippen LogP contribution in [0.1, 0.15) is 153 Å². The highest BCUT2D eigenvalue weighted by Crippen LogP contribution is 2.47. The molecule has 490 valence electrons. The molecule has 2 aliphatic rings. The number of thioether (sulfide) groups is 1. The van der Waals surface area contributed by atoms with E-state index in [0.717, 1.165) is 30.6 Å². The Bertz CT molecular complexity index is 2520. The second kappa shape index (κ2) is 40.9.